The van der Waals surface area contributed by atoms with Gasteiger partial charge in [-0.25, -0.2) is 0 Å². The Labute approximate surface area is 146 Å². The van der Waals surface area contributed by atoms with E-state index in [-0.39, 0.29) is 0 Å². The van der Waals surface area contributed by atoms with Crippen LogP contribution in [0.2, 0.25) is 0 Å². The van der Waals surface area contributed by atoms with Gasteiger partial charge in [0.1, 0.15) is 0 Å². The number of benzene rings is 3. The Hall–Kier alpha value is -3.39. The van der Waals surface area contributed by atoms with Crippen molar-refractivity contribution in [2.75, 3.05) is 0 Å². The molecule has 0 amide bonds. The monoisotopic (exact) mass is 322 g/mol. The lowest BCUT2D eigenvalue weighted by atomic mass is 10.1. The average molecular weight is 322 g/mol. The molecule has 0 aliphatic heterocycles. The molecule has 0 saturated carbocycles. The number of hydrogen-bond acceptors (Lipinski definition) is 1. The molecule has 0 atom stereocenters. The molecule has 0 spiro atoms. The summed E-state index contributed by atoms with van der Waals surface area (Å²) in [4.78, 5) is 7.61. The molecule has 0 radical (unpaired) electrons. The van der Waals surface area contributed by atoms with Crippen LogP contribution in [0.4, 0.5) is 0 Å². The minimum Gasteiger partial charge on any atom is -0.354 e. The number of fused-ring (bicyclic) bond motifs is 4. The Bertz CT molecular complexity index is 1100. The number of aromatic amines is 1. The van der Waals surface area contributed by atoms with Crippen molar-refractivity contribution in [2.45, 2.75) is 0 Å². The van der Waals surface area contributed by atoms with Crippen LogP contribution in [0.25, 0.3) is 38.8 Å². The van der Waals surface area contributed by atoms with Crippen LogP contribution in [0.5, 0.6) is 0 Å². The van der Waals surface area contributed by atoms with Crippen molar-refractivity contribution in [1.82, 2.24) is 9.97 Å². The predicted octanol–water partition coefficient (Wildman–Crippen LogP) is 6.20. The maximum absolute atomic E-state index is 4.18. The summed E-state index contributed by atoms with van der Waals surface area (Å²) < 4.78 is 0. The summed E-state index contributed by atoms with van der Waals surface area (Å²) in [7, 11) is 0. The molecule has 2 heterocycles. The number of para-hydroxylation sites is 3. The van der Waals surface area contributed by atoms with Crippen molar-refractivity contribution in [1.29, 1.82) is 0 Å². The molecular weight excluding hydrogens is 304 g/mol. The largest absolute Gasteiger partial charge is 0.354 e. The quantitative estimate of drug-likeness (QED) is 0.391. The molecule has 120 valence electrons. The van der Waals surface area contributed by atoms with Crippen LogP contribution in [-0.4, -0.2) is 9.97 Å². The molecule has 5 rings (SSSR count). The van der Waals surface area contributed by atoms with E-state index in [1.807, 2.05) is 42.6 Å². The van der Waals surface area contributed by atoms with Gasteiger partial charge in [0.25, 0.3) is 0 Å². The first-order chi connectivity index (χ1) is 12.4. The number of nitrogens with one attached hydrogen (secondary N) is 1. The predicted molar refractivity (Wildman–Crippen MR) is 108 cm³/mol. The summed E-state index contributed by atoms with van der Waals surface area (Å²) in [5.41, 5.74) is 4.57. The van der Waals surface area contributed by atoms with Crippen LogP contribution in [0, 0.1) is 0 Å². The molecule has 0 unspecified atom stereocenters. The molecule has 1 N–H and O–H groups in total. The van der Waals surface area contributed by atoms with E-state index in [0.29, 0.717) is 0 Å². The standard InChI is InChI=1S/C14H11N.C9H7N/c1-2-10-6-5-8-12-11-7-3-4-9-13(11)15-14(10)12;1-2-6-9-8(4-1)5-3-7-10-9/h2-9,15H,1H2;1-7H. The van der Waals surface area contributed by atoms with E-state index >= 15 is 0 Å². The molecule has 0 aliphatic rings. The van der Waals surface area contributed by atoms with Gasteiger partial charge < -0.3 is 4.98 Å². The van der Waals surface area contributed by atoms with Gasteiger partial charge in [-0.15, -0.1) is 0 Å². The van der Waals surface area contributed by atoms with Crippen LogP contribution in [0.1, 0.15) is 5.56 Å². The van der Waals surface area contributed by atoms with E-state index in [1.54, 1.807) is 0 Å². The van der Waals surface area contributed by atoms with Gasteiger partial charge in [0, 0.05) is 27.9 Å². The normalized spacial score (nSPS) is 10.6. The van der Waals surface area contributed by atoms with Gasteiger partial charge in [0.2, 0.25) is 0 Å². The number of pyridine rings is 1. The number of nitrogens with zero attached hydrogens (tertiary/aromatic N) is 1. The van der Waals surface area contributed by atoms with Crippen molar-refractivity contribution in [3.8, 4) is 0 Å². The Morgan fingerprint density at radius 2 is 1.52 bits per heavy atom. The third-order valence-corrected chi connectivity index (χ3v) is 4.31. The van der Waals surface area contributed by atoms with E-state index < -0.39 is 0 Å². The lowest BCUT2D eigenvalue weighted by molar-refractivity contribution is 1.41. The maximum atomic E-state index is 4.18. The Morgan fingerprint density at radius 1 is 0.760 bits per heavy atom. The third kappa shape index (κ3) is 2.90. The first-order valence-corrected chi connectivity index (χ1v) is 8.28. The maximum Gasteiger partial charge on any atom is 0.0701 e. The van der Waals surface area contributed by atoms with Crippen molar-refractivity contribution in [3.63, 3.8) is 0 Å². The summed E-state index contributed by atoms with van der Waals surface area (Å²) in [5.74, 6) is 0. The highest BCUT2D eigenvalue weighted by atomic mass is 14.7. The lowest BCUT2D eigenvalue weighted by Crippen LogP contribution is -1.73. The number of H-pyrrole nitrogens is 1. The summed E-state index contributed by atoms with van der Waals surface area (Å²) in [6.45, 7) is 3.83. The summed E-state index contributed by atoms with van der Waals surface area (Å²) >= 11 is 0. The highest BCUT2D eigenvalue weighted by Crippen LogP contribution is 2.27. The fraction of sp³-hybridized carbons (Fsp3) is 0. The van der Waals surface area contributed by atoms with Gasteiger partial charge in [0.05, 0.1) is 11.0 Å². The molecule has 2 nitrogen and oxygen atoms in total. The minimum absolute atomic E-state index is 1.06. The number of aromatic nitrogens is 2. The molecule has 5 aromatic rings. The van der Waals surface area contributed by atoms with Crippen LogP contribution in [0.3, 0.4) is 0 Å². The van der Waals surface area contributed by atoms with Gasteiger partial charge in [-0.05, 0) is 23.8 Å². The SMILES string of the molecule is C=Cc1cccc2c1[nH]c1ccccc12.c1ccc2ncccc2c1. The molecule has 0 bridgehead atoms. The van der Waals surface area contributed by atoms with Crippen molar-refractivity contribution < 1.29 is 0 Å². The molecule has 0 fully saturated rings. The highest BCUT2D eigenvalue weighted by Gasteiger charge is 2.04. The number of hydrogen-bond donors (Lipinski definition) is 1. The summed E-state index contributed by atoms with van der Waals surface area (Å²) in [6, 6.07) is 26.7. The van der Waals surface area contributed by atoms with Crippen molar-refractivity contribution in [3.05, 3.63) is 97.2 Å². The number of rotatable bonds is 1. The van der Waals surface area contributed by atoms with Gasteiger partial charge in [-0.3, -0.25) is 4.98 Å². The third-order valence-electron chi connectivity index (χ3n) is 4.31. The van der Waals surface area contributed by atoms with Gasteiger partial charge in [-0.1, -0.05) is 73.3 Å². The zero-order chi connectivity index (χ0) is 17.1. The second kappa shape index (κ2) is 6.62. The topological polar surface area (TPSA) is 28.7 Å². The first kappa shape index (κ1) is 15.2. The van der Waals surface area contributed by atoms with E-state index in [0.717, 1.165) is 11.1 Å². The fourth-order valence-electron chi connectivity index (χ4n) is 3.08. The van der Waals surface area contributed by atoms with E-state index in [4.69, 9.17) is 0 Å². The minimum atomic E-state index is 1.06. The van der Waals surface area contributed by atoms with E-state index in [1.165, 1.54) is 27.2 Å². The lowest BCUT2D eigenvalue weighted by Gasteiger charge is -1.94. The van der Waals surface area contributed by atoms with Gasteiger partial charge in [0.15, 0.2) is 0 Å². The average Bonchev–Trinajstić information content (AvgIpc) is 3.07. The van der Waals surface area contributed by atoms with Crippen LogP contribution < -0.4 is 0 Å². The first-order valence-electron chi connectivity index (χ1n) is 8.28. The van der Waals surface area contributed by atoms with Crippen molar-refractivity contribution >= 4 is 38.8 Å². The van der Waals surface area contributed by atoms with Crippen LogP contribution >= 0.6 is 0 Å². The molecule has 2 heteroatoms. The Morgan fingerprint density at radius 3 is 2.40 bits per heavy atom. The fourth-order valence-corrected chi connectivity index (χ4v) is 3.08. The second-order valence-corrected chi connectivity index (χ2v) is 5.84. The molecule has 3 aromatic carbocycles. The Balaban J connectivity index is 0.000000136. The van der Waals surface area contributed by atoms with E-state index in [9.17, 15) is 0 Å². The second-order valence-electron chi connectivity index (χ2n) is 5.84. The van der Waals surface area contributed by atoms with E-state index in [2.05, 4.69) is 65.1 Å². The summed E-state index contributed by atoms with van der Waals surface area (Å²) in [5, 5.41) is 3.74. The van der Waals surface area contributed by atoms with Crippen LogP contribution in [-0.2, 0) is 0 Å². The van der Waals surface area contributed by atoms with Crippen molar-refractivity contribution in [2.24, 2.45) is 0 Å². The highest BCUT2D eigenvalue weighted by molar-refractivity contribution is 6.09. The Kier molecular flexibility index (Phi) is 4.01. The molecule has 25 heavy (non-hydrogen) atoms. The zero-order valence-corrected chi connectivity index (χ0v) is 13.8. The molecular formula is C23H18N2. The van der Waals surface area contributed by atoms with Crippen LogP contribution in [0.15, 0.2) is 91.6 Å². The smallest absolute Gasteiger partial charge is 0.0701 e. The molecule has 0 saturated heterocycles. The molecule has 0 aliphatic carbocycles. The van der Waals surface area contributed by atoms with Gasteiger partial charge >= 0.3 is 0 Å². The zero-order valence-electron chi connectivity index (χ0n) is 13.8. The summed E-state index contributed by atoms with van der Waals surface area (Å²) in [6.07, 6.45) is 3.69. The molecule has 2 aromatic heterocycles. The van der Waals surface area contributed by atoms with Gasteiger partial charge in [-0.2, -0.15) is 0 Å².